The van der Waals surface area contributed by atoms with Gasteiger partial charge in [0.05, 0.1) is 12.6 Å². The summed E-state index contributed by atoms with van der Waals surface area (Å²) in [4.78, 5) is 10.6. The molecule has 2 N–H and O–H groups in total. The Labute approximate surface area is 72.8 Å². The fourth-order valence-electron chi connectivity index (χ4n) is 0.849. The number of allylic oxidation sites excluding steroid dienone is 1. The number of carbonyl (C=O) groups is 1. The summed E-state index contributed by atoms with van der Waals surface area (Å²) in [5, 5.41) is 11.4. The lowest BCUT2D eigenvalue weighted by Crippen LogP contribution is -2.36. The number of hydrogen-bond acceptors (Lipinski definition) is 2. The molecule has 0 spiro atoms. The van der Waals surface area contributed by atoms with E-state index < -0.39 is 0 Å². The summed E-state index contributed by atoms with van der Waals surface area (Å²) in [6.07, 6.45) is 2.16. The number of amides is 1. The van der Waals surface area contributed by atoms with Gasteiger partial charge in [0, 0.05) is 6.92 Å². The molecule has 3 nitrogen and oxygen atoms in total. The highest BCUT2D eigenvalue weighted by molar-refractivity contribution is 5.73. The van der Waals surface area contributed by atoms with Crippen LogP contribution in [0.15, 0.2) is 24.8 Å². The van der Waals surface area contributed by atoms with Gasteiger partial charge in [-0.1, -0.05) is 24.8 Å². The molecule has 0 aliphatic carbocycles. The smallest absolute Gasteiger partial charge is 0.217 e. The van der Waals surface area contributed by atoms with E-state index in [2.05, 4.69) is 18.5 Å². The second-order valence-corrected chi connectivity index (χ2v) is 2.65. The third-order valence-corrected chi connectivity index (χ3v) is 1.43. The maximum atomic E-state index is 10.6. The lowest BCUT2D eigenvalue weighted by atomic mass is 10.1. The number of rotatable bonds is 5. The third kappa shape index (κ3) is 4.68. The van der Waals surface area contributed by atoms with Crippen LogP contribution < -0.4 is 5.32 Å². The van der Waals surface area contributed by atoms with Crippen LogP contribution in [0.4, 0.5) is 0 Å². The lowest BCUT2D eigenvalue weighted by Gasteiger charge is -2.14. The van der Waals surface area contributed by atoms with Gasteiger partial charge in [-0.05, 0) is 6.42 Å². The monoisotopic (exact) mass is 169 g/mol. The molecule has 0 rings (SSSR count). The normalized spacial score (nSPS) is 11.8. The first-order chi connectivity index (χ1) is 5.60. The number of hydrogen-bond donors (Lipinski definition) is 2. The molecule has 0 aliphatic rings. The molecule has 0 aliphatic heterocycles. The minimum absolute atomic E-state index is 0.0769. The standard InChI is InChI=1S/C9H15NO2/c1-4-7(2)5-9(6-11)10-8(3)12/h4,9,11H,1-2,5-6H2,3H3,(H,10,12). The maximum absolute atomic E-state index is 10.6. The van der Waals surface area contributed by atoms with Gasteiger partial charge in [0.15, 0.2) is 0 Å². The zero-order valence-corrected chi connectivity index (χ0v) is 7.34. The summed E-state index contributed by atoms with van der Waals surface area (Å²) in [6.45, 7) is 8.56. The molecule has 0 aromatic heterocycles. The fraction of sp³-hybridized carbons (Fsp3) is 0.444. The van der Waals surface area contributed by atoms with Crippen molar-refractivity contribution in [1.29, 1.82) is 0 Å². The van der Waals surface area contributed by atoms with E-state index in [1.54, 1.807) is 6.08 Å². The van der Waals surface area contributed by atoms with Crippen molar-refractivity contribution in [2.45, 2.75) is 19.4 Å². The Kier molecular flexibility index (Phi) is 5.04. The van der Waals surface area contributed by atoms with Crippen molar-refractivity contribution < 1.29 is 9.90 Å². The highest BCUT2D eigenvalue weighted by Gasteiger charge is 2.08. The van der Waals surface area contributed by atoms with E-state index in [0.29, 0.717) is 6.42 Å². The van der Waals surface area contributed by atoms with Gasteiger partial charge >= 0.3 is 0 Å². The number of nitrogens with one attached hydrogen (secondary N) is 1. The molecule has 12 heavy (non-hydrogen) atoms. The highest BCUT2D eigenvalue weighted by Crippen LogP contribution is 2.02. The largest absolute Gasteiger partial charge is 0.394 e. The quantitative estimate of drug-likeness (QED) is 0.593. The number of carbonyl (C=O) groups excluding carboxylic acids is 1. The van der Waals surface area contributed by atoms with E-state index in [-0.39, 0.29) is 18.6 Å². The van der Waals surface area contributed by atoms with Crippen molar-refractivity contribution in [1.82, 2.24) is 5.32 Å². The fourth-order valence-corrected chi connectivity index (χ4v) is 0.849. The Morgan fingerprint density at radius 3 is 2.67 bits per heavy atom. The van der Waals surface area contributed by atoms with Crippen molar-refractivity contribution in [2.24, 2.45) is 0 Å². The highest BCUT2D eigenvalue weighted by atomic mass is 16.3. The summed E-state index contributed by atoms with van der Waals surface area (Å²) in [6, 6.07) is -0.243. The molecule has 68 valence electrons. The molecule has 0 bridgehead atoms. The first-order valence-corrected chi connectivity index (χ1v) is 3.78. The van der Waals surface area contributed by atoms with Crippen LogP contribution in [0, 0.1) is 0 Å². The van der Waals surface area contributed by atoms with Gasteiger partial charge in [-0.2, -0.15) is 0 Å². The van der Waals surface area contributed by atoms with E-state index in [1.807, 2.05) is 0 Å². The first kappa shape index (κ1) is 10.9. The van der Waals surface area contributed by atoms with Crippen molar-refractivity contribution in [2.75, 3.05) is 6.61 Å². The Morgan fingerprint density at radius 1 is 1.75 bits per heavy atom. The van der Waals surface area contributed by atoms with Crippen LogP contribution in [0.1, 0.15) is 13.3 Å². The van der Waals surface area contributed by atoms with Gasteiger partial charge in [-0.25, -0.2) is 0 Å². The number of aliphatic hydroxyl groups is 1. The zero-order chi connectivity index (χ0) is 9.56. The van der Waals surface area contributed by atoms with E-state index >= 15 is 0 Å². The first-order valence-electron chi connectivity index (χ1n) is 3.78. The molecule has 0 saturated heterocycles. The molecule has 3 heteroatoms. The summed E-state index contributed by atoms with van der Waals surface area (Å²) in [5.74, 6) is -0.147. The van der Waals surface area contributed by atoms with E-state index in [0.717, 1.165) is 5.57 Å². The summed E-state index contributed by atoms with van der Waals surface area (Å²) in [7, 11) is 0. The van der Waals surface area contributed by atoms with Gasteiger partial charge in [0.25, 0.3) is 0 Å². The molecule has 0 aromatic carbocycles. The number of aliphatic hydroxyl groups excluding tert-OH is 1. The van der Waals surface area contributed by atoms with Crippen LogP contribution >= 0.6 is 0 Å². The van der Waals surface area contributed by atoms with Crippen molar-refractivity contribution in [3.05, 3.63) is 24.8 Å². The Bertz CT molecular complexity index is 187. The van der Waals surface area contributed by atoms with Gasteiger partial charge < -0.3 is 10.4 Å². The molecular formula is C9H15NO2. The summed E-state index contributed by atoms with van der Waals surface area (Å²) < 4.78 is 0. The van der Waals surface area contributed by atoms with Crippen LogP contribution in [0.3, 0.4) is 0 Å². The van der Waals surface area contributed by atoms with Crippen LogP contribution in [-0.2, 0) is 4.79 Å². The van der Waals surface area contributed by atoms with Crippen molar-refractivity contribution in [3.63, 3.8) is 0 Å². The van der Waals surface area contributed by atoms with Crippen LogP contribution in [0.5, 0.6) is 0 Å². The molecule has 0 fully saturated rings. The summed E-state index contributed by atoms with van der Waals surface area (Å²) in [5.41, 5.74) is 0.808. The predicted molar refractivity (Wildman–Crippen MR) is 48.6 cm³/mol. The average molecular weight is 169 g/mol. The Hall–Kier alpha value is -1.09. The van der Waals surface area contributed by atoms with Gasteiger partial charge in [-0.15, -0.1) is 0 Å². The van der Waals surface area contributed by atoms with E-state index in [4.69, 9.17) is 5.11 Å². The maximum Gasteiger partial charge on any atom is 0.217 e. The summed E-state index contributed by atoms with van der Waals surface area (Å²) >= 11 is 0. The molecule has 1 unspecified atom stereocenters. The Balaban J connectivity index is 3.90. The van der Waals surface area contributed by atoms with Gasteiger partial charge in [-0.3, -0.25) is 4.79 Å². The molecule has 0 aromatic rings. The average Bonchev–Trinajstić information content (AvgIpc) is 2.02. The van der Waals surface area contributed by atoms with Crippen LogP contribution in [0.2, 0.25) is 0 Å². The SMILES string of the molecule is C=CC(=C)CC(CO)NC(C)=O. The second-order valence-electron chi connectivity index (χ2n) is 2.65. The minimum Gasteiger partial charge on any atom is -0.394 e. The van der Waals surface area contributed by atoms with E-state index in [1.165, 1.54) is 6.92 Å². The van der Waals surface area contributed by atoms with Crippen LogP contribution in [-0.4, -0.2) is 23.7 Å². The minimum atomic E-state index is -0.243. The molecule has 0 radical (unpaired) electrons. The van der Waals surface area contributed by atoms with Gasteiger partial charge in [0.2, 0.25) is 5.91 Å². The van der Waals surface area contributed by atoms with Crippen molar-refractivity contribution in [3.8, 4) is 0 Å². The van der Waals surface area contributed by atoms with Crippen molar-refractivity contribution >= 4 is 5.91 Å². The van der Waals surface area contributed by atoms with Crippen LogP contribution in [0.25, 0.3) is 0 Å². The third-order valence-electron chi connectivity index (χ3n) is 1.43. The molecule has 0 heterocycles. The topological polar surface area (TPSA) is 49.3 Å². The second kappa shape index (κ2) is 5.55. The molecular weight excluding hydrogens is 154 g/mol. The molecule has 1 amide bonds. The zero-order valence-electron chi connectivity index (χ0n) is 7.34. The van der Waals surface area contributed by atoms with Gasteiger partial charge in [0.1, 0.15) is 0 Å². The molecule has 0 saturated carbocycles. The van der Waals surface area contributed by atoms with E-state index in [9.17, 15) is 4.79 Å². The lowest BCUT2D eigenvalue weighted by molar-refractivity contribution is -0.119. The Morgan fingerprint density at radius 2 is 2.33 bits per heavy atom. The predicted octanol–water partition coefficient (Wildman–Crippen LogP) is 0.616. The molecule has 1 atom stereocenters.